The maximum atomic E-state index is 16.1. The quantitative estimate of drug-likeness (QED) is 0.217. The van der Waals surface area contributed by atoms with Crippen molar-refractivity contribution in [1.29, 1.82) is 0 Å². The number of rotatable bonds is 7. The smallest absolute Gasteiger partial charge is 0.224 e. The third kappa shape index (κ3) is 4.61. The number of nitrogens with one attached hydrogen (secondary N) is 3. The molecule has 4 heterocycles. The van der Waals surface area contributed by atoms with E-state index >= 15 is 4.39 Å². The largest absolute Gasteiger partial charge is 0.336 e. The number of pyridine rings is 2. The lowest BCUT2D eigenvalue weighted by molar-refractivity contribution is -0.116. The van der Waals surface area contributed by atoms with Crippen LogP contribution in [-0.2, 0) is 4.79 Å². The SMILES string of the molecule is CCCCC(=O)Nc1cncc(-c2ccc3[nH]nc(-c4nc5c(-c6ccc(F)cc6)nccc5[nH]4)c3c2F)c1. The van der Waals surface area contributed by atoms with E-state index in [-0.39, 0.29) is 17.1 Å². The first-order valence-electron chi connectivity index (χ1n) is 12.5. The van der Waals surface area contributed by atoms with E-state index in [0.29, 0.717) is 62.6 Å². The second-order valence-corrected chi connectivity index (χ2v) is 9.18. The van der Waals surface area contributed by atoms with Crippen molar-refractivity contribution in [3.63, 3.8) is 0 Å². The summed E-state index contributed by atoms with van der Waals surface area (Å²) in [5.41, 5.74) is 4.65. The van der Waals surface area contributed by atoms with Crippen LogP contribution in [0.4, 0.5) is 14.5 Å². The Morgan fingerprint density at radius 2 is 1.82 bits per heavy atom. The maximum absolute atomic E-state index is 16.1. The number of hydrogen-bond acceptors (Lipinski definition) is 5. The van der Waals surface area contributed by atoms with Gasteiger partial charge in [0.05, 0.1) is 34.0 Å². The summed E-state index contributed by atoms with van der Waals surface area (Å²) in [6.07, 6.45) is 6.83. The molecule has 6 rings (SSSR count). The highest BCUT2D eigenvalue weighted by Gasteiger charge is 2.21. The molecular weight excluding hydrogens is 500 g/mol. The molecule has 0 aliphatic carbocycles. The van der Waals surface area contributed by atoms with E-state index < -0.39 is 5.82 Å². The van der Waals surface area contributed by atoms with E-state index in [4.69, 9.17) is 4.98 Å². The van der Waals surface area contributed by atoms with Crippen LogP contribution >= 0.6 is 0 Å². The minimum absolute atomic E-state index is 0.108. The van der Waals surface area contributed by atoms with Gasteiger partial charge >= 0.3 is 0 Å². The predicted octanol–water partition coefficient (Wildman–Crippen LogP) is 6.64. The fourth-order valence-corrected chi connectivity index (χ4v) is 4.55. The molecule has 0 aliphatic rings. The Labute approximate surface area is 221 Å². The van der Waals surface area contributed by atoms with Crippen molar-refractivity contribution < 1.29 is 13.6 Å². The highest BCUT2D eigenvalue weighted by Crippen LogP contribution is 2.35. The molecule has 3 N–H and O–H groups in total. The Morgan fingerprint density at radius 3 is 2.64 bits per heavy atom. The molecule has 2 aromatic carbocycles. The van der Waals surface area contributed by atoms with Gasteiger partial charge in [0.1, 0.15) is 22.8 Å². The van der Waals surface area contributed by atoms with E-state index in [9.17, 15) is 9.18 Å². The molecule has 0 fully saturated rings. The molecule has 0 saturated carbocycles. The van der Waals surface area contributed by atoms with Gasteiger partial charge in [-0.1, -0.05) is 13.3 Å². The first kappa shape index (κ1) is 24.4. The third-order valence-electron chi connectivity index (χ3n) is 6.50. The van der Waals surface area contributed by atoms with E-state index in [2.05, 4.69) is 30.5 Å². The number of H-pyrrole nitrogens is 2. The summed E-state index contributed by atoms with van der Waals surface area (Å²) in [6, 6.07) is 12.8. The van der Waals surface area contributed by atoms with Crippen LogP contribution in [0.3, 0.4) is 0 Å². The number of aromatic nitrogens is 6. The van der Waals surface area contributed by atoms with Crippen LogP contribution in [0.25, 0.3) is 55.8 Å². The van der Waals surface area contributed by atoms with Crippen LogP contribution < -0.4 is 5.32 Å². The van der Waals surface area contributed by atoms with Gasteiger partial charge in [0.2, 0.25) is 5.91 Å². The number of carbonyl (C=O) groups excluding carboxylic acids is 1. The zero-order chi connectivity index (χ0) is 26.9. The van der Waals surface area contributed by atoms with Crippen molar-refractivity contribution in [2.75, 3.05) is 5.32 Å². The van der Waals surface area contributed by atoms with Gasteiger partial charge < -0.3 is 10.3 Å². The topological polar surface area (TPSA) is 112 Å². The number of unbranched alkanes of at least 4 members (excludes halogenated alkanes) is 1. The molecule has 0 radical (unpaired) electrons. The first-order valence-corrected chi connectivity index (χ1v) is 12.5. The lowest BCUT2D eigenvalue weighted by Crippen LogP contribution is -2.11. The van der Waals surface area contributed by atoms with Gasteiger partial charge in [0.15, 0.2) is 5.82 Å². The first-order chi connectivity index (χ1) is 19.0. The van der Waals surface area contributed by atoms with Gasteiger partial charge in [-0.25, -0.2) is 13.8 Å². The van der Waals surface area contributed by atoms with Crippen LogP contribution in [0.2, 0.25) is 0 Å². The standard InChI is InChI=1S/C29H23F2N7O/c1-2-3-4-23(39)34-19-13-17(14-32-15-19)20-9-10-21-24(25(20)31)28(38-37-21)29-35-22-11-12-33-26(27(22)36-29)16-5-7-18(30)8-6-16/h5-15H,2-4H2,1H3,(H,34,39)(H,35,36)(H,37,38). The number of benzene rings is 2. The van der Waals surface area contributed by atoms with Crippen LogP contribution in [0.1, 0.15) is 26.2 Å². The van der Waals surface area contributed by atoms with Gasteiger partial charge in [-0.15, -0.1) is 0 Å². The molecule has 39 heavy (non-hydrogen) atoms. The Balaban J connectivity index is 1.41. The summed E-state index contributed by atoms with van der Waals surface area (Å²) < 4.78 is 29.5. The van der Waals surface area contributed by atoms with Gasteiger partial charge in [-0.2, -0.15) is 5.10 Å². The molecule has 1 amide bonds. The monoisotopic (exact) mass is 523 g/mol. The molecule has 6 aromatic rings. The number of imidazole rings is 1. The fourth-order valence-electron chi connectivity index (χ4n) is 4.55. The van der Waals surface area contributed by atoms with Crippen LogP contribution in [0.15, 0.2) is 67.1 Å². The summed E-state index contributed by atoms with van der Waals surface area (Å²) in [5, 5.41) is 10.3. The molecule has 10 heteroatoms. The number of hydrogen-bond donors (Lipinski definition) is 3. The number of nitrogens with zero attached hydrogens (tertiary/aromatic N) is 4. The Kier molecular flexibility index (Phi) is 6.28. The van der Waals surface area contributed by atoms with E-state index in [0.717, 1.165) is 12.8 Å². The van der Waals surface area contributed by atoms with Crippen LogP contribution in [-0.4, -0.2) is 36.0 Å². The minimum Gasteiger partial charge on any atom is -0.336 e. The van der Waals surface area contributed by atoms with Crippen LogP contribution in [0, 0.1) is 11.6 Å². The van der Waals surface area contributed by atoms with E-state index in [1.165, 1.54) is 18.3 Å². The highest BCUT2D eigenvalue weighted by atomic mass is 19.1. The van der Waals surface area contributed by atoms with Gasteiger partial charge in [0, 0.05) is 35.5 Å². The molecule has 0 aliphatic heterocycles. The lowest BCUT2D eigenvalue weighted by Gasteiger charge is -2.08. The van der Waals surface area contributed by atoms with Crippen molar-refractivity contribution in [3.05, 3.63) is 78.8 Å². The molecule has 0 bridgehead atoms. The van der Waals surface area contributed by atoms with Crippen molar-refractivity contribution in [2.45, 2.75) is 26.2 Å². The van der Waals surface area contributed by atoms with Crippen molar-refractivity contribution in [3.8, 4) is 33.9 Å². The Hall–Kier alpha value is -4.99. The number of aromatic amines is 2. The zero-order valence-electron chi connectivity index (χ0n) is 20.9. The average Bonchev–Trinajstić information content (AvgIpc) is 3.57. The predicted molar refractivity (Wildman–Crippen MR) is 146 cm³/mol. The van der Waals surface area contributed by atoms with E-state index in [1.807, 2.05) is 6.92 Å². The lowest BCUT2D eigenvalue weighted by atomic mass is 10.0. The van der Waals surface area contributed by atoms with Gasteiger partial charge in [-0.3, -0.25) is 19.9 Å². The summed E-state index contributed by atoms with van der Waals surface area (Å²) >= 11 is 0. The molecule has 0 atom stereocenters. The molecule has 194 valence electrons. The molecule has 0 spiro atoms. The maximum Gasteiger partial charge on any atom is 0.224 e. The van der Waals surface area contributed by atoms with Crippen molar-refractivity contribution in [1.82, 2.24) is 30.1 Å². The van der Waals surface area contributed by atoms with E-state index in [1.54, 1.807) is 48.8 Å². The summed E-state index contributed by atoms with van der Waals surface area (Å²) in [5.74, 6) is -0.589. The summed E-state index contributed by atoms with van der Waals surface area (Å²) in [4.78, 5) is 28.7. The normalized spacial score (nSPS) is 11.4. The van der Waals surface area contributed by atoms with Gasteiger partial charge in [0.25, 0.3) is 0 Å². The second kappa shape index (κ2) is 10.1. The average molecular weight is 524 g/mol. The minimum atomic E-state index is -0.496. The van der Waals surface area contributed by atoms with Crippen molar-refractivity contribution in [2.24, 2.45) is 0 Å². The number of carbonyl (C=O) groups is 1. The van der Waals surface area contributed by atoms with Crippen molar-refractivity contribution >= 4 is 33.5 Å². The number of halogens is 2. The number of anilines is 1. The number of fused-ring (bicyclic) bond motifs is 2. The third-order valence-corrected chi connectivity index (χ3v) is 6.50. The molecule has 0 unspecified atom stereocenters. The Morgan fingerprint density at radius 1 is 0.974 bits per heavy atom. The Bertz CT molecular complexity index is 1830. The molecule has 0 saturated heterocycles. The van der Waals surface area contributed by atoms with Crippen LogP contribution in [0.5, 0.6) is 0 Å². The van der Waals surface area contributed by atoms with Gasteiger partial charge in [-0.05, 0) is 55.0 Å². The highest BCUT2D eigenvalue weighted by molar-refractivity contribution is 5.98. The fraction of sp³-hybridized carbons (Fsp3) is 0.138. The summed E-state index contributed by atoms with van der Waals surface area (Å²) in [6.45, 7) is 2.02. The molecular formula is C29H23F2N7O. The second-order valence-electron chi connectivity index (χ2n) is 9.18. The number of amides is 1. The zero-order valence-corrected chi connectivity index (χ0v) is 20.9. The molecule has 4 aromatic heterocycles. The summed E-state index contributed by atoms with van der Waals surface area (Å²) in [7, 11) is 0. The molecule has 8 nitrogen and oxygen atoms in total.